The van der Waals surface area contributed by atoms with Crippen molar-refractivity contribution in [1.82, 2.24) is 0 Å². The van der Waals surface area contributed by atoms with E-state index in [1.165, 1.54) is 12.2 Å². The van der Waals surface area contributed by atoms with Crippen LogP contribution in [0.3, 0.4) is 0 Å². The molecule has 1 aromatic carbocycles. The highest BCUT2D eigenvalue weighted by Gasteiger charge is 2.23. The molecule has 2 rings (SSSR count). The van der Waals surface area contributed by atoms with E-state index >= 15 is 0 Å². The molecule has 1 fully saturated rings. The lowest BCUT2D eigenvalue weighted by atomic mass is 10.1. The maximum atomic E-state index is 5.95. The zero-order valence-electron chi connectivity index (χ0n) is 8.47. The number of thioether (sulfide) groups is 1. The van der Waals surface area contributed by atoms with Gasteiger partial charge in [-0.15, -0.1) is 0 Å². The molecule has 0 spiro atoms. The largest absolute Gasteiger partial charge is 0.381 e. The molecule has 0 radical (unpaired) electrons. The second-order valence-electron chi connectivity index (χ2n) is 3.74. The van der Waals surface area contributed by atoms with Gasteiger partial charge in [-0.05, 0) is 46.3 Å². The summed E-state index contributed by atoms with van der Waals surface area (Å²) in [4.78, 5) is 0. The highest BCUT2D eigenvalue weighted by molar-refractivity contribution is 9.10. The Balaban J connectivity index is 2.07. The van der Waals surface area contributed by atoms with Crippen molar-refractivity contribution in [2.45, 2.75) is 24.6 Å². The van der Waals surface area contributed by atoms with E-state index in [1.54, 1.807) is 0 Å². The first-order valence-electron chi connectivity index (χ1n) is 5.00. The first-order valence-corrected chi connectivity index (χ1v) is 7.22. The van der Waals surface area contributed by atoms with Crippen molar-refractivity contribution < 1.29 is 0 Å². The smallest absolute Gasteiger partial charge is 0.0549 e. The third kappa shape index (κ3) is 2.83. The average molecular weight is 307 g/mol. The molecule has 0 aliphatic carbocycles. The highest BCUT2D eigenvalue weighted by Crippen LogP contribution is 2.31. The first-order chi connectivity index (χ1) is 7.16. The molecule has 15 heavy (non-hydrogen) atoms. The molecule has 0 amide bonds. The maximum absolute atomic E-state index is 5.95. The molecule has 1 nitrogen and oxygen atoms in total. The molecule has 1 saturated heterocycles. The molecule has 0 bridgehead atoms. The summed E-state index contributed by atoms with van der Waals surface area (Å²) in [5.41, 5.74) is 1.14. The summed E-state index contributed by atoms with van der Waals surface area (Å²) in [5.74, 6) is 1.26. The Hall–Kier alpha value is 0.140. The highest BCUT2D eigenvalue weighted by atomic mass is 79.9. The summed E-state index contributed by atoms with van der Waals surface area (Å²) < 4.78 is 0.951. The Morgan fingerprint density at radius 1 is 1.53 bits per heavy atom. The number of benzene rings is 1. The number of halogens is 2. The van der Waals surface area contributed by atoms with E-state index in [9.17, 15) is 0 Å². The molecule has 0 saturated carbocycles. The second-order valence-corrected chi connectivity index (χ2v) is 6.49. The minimum atomic E-state index is 0.586. The van der Waals surface area contributed by atoms with Gasteiger partial charge in [0.15, 0.2) is 0 Å². The Kier molecular flexibility index (Phi) is 3.86. The minimum absolute atomic E-state index is 0.586. The lowest BCUT2D eigenvalue weighted by molar-refractivity contribution is 0.724. The van der Waals surface area contributed by atoms with Crippen LogP contribution in [0.2, 0.25) is 5.02 Å². The van der Waals surface area contributed by atoms with E-state index in [0.29, 0.717) is 11.3 Å². The fraction of sp³-hybridized carbons (Fsp3) is 0.455. The summed E-state index contributed by atoms with van der Waals surface area (Å²) >= 11 is 11.4. The van der Waals surface area contributed by atoms with Crippen molar-refractivity contribution in [3.8, 4) is 0 Å². The Morgan fingerprint density at radius 2 is 2.33 bits per heavy atom. The summed E-state index contributed by atoms with van der Waals surface area (Å²) in [6.45, 7) is 2.28. The van der Waals surface area contributed by atoms with Crippen LogP contribution in [0.15, 0.2) is 22.7 Å². The molecule has 0 aromatic heterocycles. The Bertz CT molecular complexity index is 358. The number of rotatable bonds is 2. The summed E-state index contributed by atoms with van der Waals surface area (Å²) in [6, 6.07) is 6.57. The van der Waals surface area contributed by atoms with E-state index in [2.05, 4.69) is 28.2 Å². The van der Waals surface area contributed by atoms with Crippen LogP contribution in [0.25, 0.3) is 0 Å². The van der Waals surface area contributed by atoms with Crippen LogP contribution in [0.4, 0.5) is 5.69 Å². The lowest BCUT2D eigenvalue weighted by Gasteiger charge is -2.18. The van der Waals surface area contributed by atoms with Gasteiger partial charge >= 0.3 is 0 Å². The summed E-state index contributed by atoms with van der Waals surface area (Å²) in [6.07, 6.45) is 1.24. The second kappa shape index (κ2) is 4.98. The van der Waals surface area contributed by atoms with Crippen LogP contribution in [0.5, 0.6) is 0 Å². The monoisotopic (exact) mass is 305 g/mol. The van der Waals surface area contributed by atoms with Crippen molar-refractivity contribution in [3.63, 3.8) is 0 Å². The number of hydrogen-bond donors (Lipinski definition) is 1. The molecule has 4 heteroatoms. The molecule has 2 atom stereocenters. The lowest BCUT2D eigenvalue weighted by Crippen LogP contribution is -2.24. The van der Waals surface area contributed by atoms with Crippen LogP contribution >= 0.6 is 39.3 Å². The standard InChI is InChI=1S/C11H13BrClNS/c1-7-11(4-5-15-7)14-8-2-3-10(13)9(12)6-8/h2-3,6-7,11,14H,4-5H2,1H3. The Morgan fingerprint density at radius 3 is 2.93 bits per heavy atom. The minimum Gasteiger partial charge on any atom is -0.381 e. The van der Waals surface area contributed by atoms with Gasteiger partial charge in [-0.1, -0.05) is 18.5 Å². The van der Waals surface area contributed by atoms with Crippen molar-refractivity contribution in [1.29, 1.82) is 0 Å². The molecule has 1 aliphatic rings. The SMILES string of the molecule is CC1SCCC1Nc1ccc(Cl)c(Br)c1. The van der Waals surface area contributed by atoms with Crippen molar-refractivity contribution in [2.75, 3.05) is 11.1 Å². The third-order valence-corrected chi connectivity index (χ3v) is 5.19. The van der Waals surface area contributed by atoms with E-state index in [0.717, 1.165) is 15.2 Å². The quantitative estimate of drug-likeness (QED) is 0.868. The first kappa shape index (κ1) is 11.6. The van der Waals surface area contributed by atoms with Crippen molar-refractivity contribution in [2.24, 2.45) is 0 Å². The van der Waals surface area contributed by atoms with Gasteiger partial charge < -0.3 is 5.32 Å². The van der Waals surface area contributed by atoms with Crippen LogP contribution in [-0.2, 0) is 0 Å². The number of nitrogens with one attached hydrogen (secondary N) is 1. The molecule has 1 heterocycles. The van der Waals surface area contributed by atoms with Gasteiger partial charge in [-0.2, -0.15) is 11.8 Å². The summed E-state index contributed by atoms with van der Waals surface area (Å²) in [5, 5.41) is 5.00. The number of hydrogen-bond acceptors (Lipinski definition) is 2. The van der Waals surface area contributed by atoms with E-state index in [4.69, 9.17) is 11.6 Å². The zero-order chi connectivity index (χ0) is 10.8. The van der Waals surface area contributed by atoms with Crippen molar-refractivity contribution in [3.05, 3.63) is 27.7 Å². The van der Waals surface area contributed by atoms with E-state index < -0.39 is 0 Å². The van der Waals surface area contributed by atoms with Crippen LogP contribution in [0, 0.1) is 0 Å². The normalized spacial score (nSPS) is 25.5. The van der Waals surface area contributed by atoms with Crippen molar-refractivity contribution >= 4 is 45.0 Å². The molecule has 1 N–H and O–H groups in total. The third-order valence-electron chi connectivity index (χ3n) is 2.65. The van der Waals surface area contributed by atoms with Gasteiger partial charge in [0.2, 0.25) is 0 Å². The fourth-order valence-corrected chi connectivity index (χ4v) is 3.42. The van der Waals surface area contributed by atoms with Gasteiger partial charge in [0, 0.05) is 21.5 Å². The van der Waals surface area contributed by atoms with Gasteiger partial charge in [0.05, 0.1) is 5.02 Å². The van der Waals surface area contributed by atoms with Gasteiger partial charge in [-0.25, -0.2) is 0 Å². The van der Waals surface area contributed by atoms with E-state index in [-0.39, 0.29) is 0 Å². The molecular formula is C11H13BrClNS. The summed E-state index contributed by atoms with van der Waals surface area (Å²) in [7, 11) is 0. The Labute approximate surface area is 108 Å². The molecular weight excluding hydrogens is 294 g/mol. The molecule has 1 aromatic rings. The number of anilines is 1. The molecule has 1 aliphatic heterocycles. The maximum Gasteiger partial charge on any atom is 0.0549 e. The average Bonchev–Trinajstić information content (AvgIpc) is 2.59. The zero-order valence-corrected chi connectivity index (χ0v) is 11.6. The van der Waals surface area contributed by atoms with Gasteiger partial charge in [-0.3, -0.25) is 0 Å². The van der Waals surface area contributed by atoms with Crippen LogP contribution in [0.1, 0.15) is 13.3 Å². The fourth-order valence-electron chi connectivity index (χ4n) is 1.72. The van der Waals surface area contributed by atoms with Gasteiger partial charge in [0.1, 0.15) is 0 Å². The van der Waals surface area contributed by atoms with Crippen LogP contribution < -0.4 is 5.32 Å². The predicted molar refractivity (Wildman–Crippen MR) is 73.1 cm³/mol. The predicted octanol–water partition coefficient (Wildman–Crippen LogP) is 4.41. The molecule has 2 unspecified atom stereocenters. The van der Waals surface area contributed by atoms with Gasteiger partial charge in [0.25, 0.3) is 0 Å². The topological polar surface area (TPSA) is 12.0 Å². The van der Waals surface area contributed by atoms with Crippen LogP contribution in [-0.4, -0.2) is 17.0 Å². The molecule has 82 valence electrons. The van der Waals surface area contributed by atoms with E-state index in [1.807, 2.05) is 30.0 Å².